The number of ether oxygens (including phenoxy) is 2. The largest absolute Gasteiger partial charge is 0.444 e. The molecule has 1 saturated heterocycles. The van der Waals surface area contributed by atoms with Crippen LogP contribution in [0.1, 0.15) is 128 Å². The zero-order chi connectivity index (χ0) is 80.4. The molecule has 2 atom stereocenters. The van der Waals surface area contributed by atoms with Crippen molar-refractivity contribution in [2.75, 3.05) is 32.7 Å². The maximum absolute atomic E-state index is 12.2. The maximum Gasteiger partial charge on any atom is 0.410 e. The number of hydrogen-bond donors (Lipinski definition) is 6. The average Bonchev–Trinajstić information content (AvgIpc) is 1.77. The van der Waals surface area contributed by atoms with Crippen LogP contribution in [0.5, 0.6) is 0 Å². The van der Waals surface area contributed by atoms with Crippen molar-refractivity contribution < 1.29 is 28.7 Å². The normalized spacial score (nSPS) is 15.9. The molecular formula is C80H85BrCl8N18O6. The molecule has 1 fully saturated rings. The number of amidine groups is 1. The number of imidazole rings is 3. The van der Waals surface area contributed by atoms with E-state index in [1.165, 1.54) is 47.4 Å². The van der Waals surface area contributed by atoms with Gasteiger partial charge >= 0.3 is 12.2 Å². The van der Waals surface area contributed by atoms with Gasteiger partial charge in [-0.3, -0.25) is 44.8 Å². The Bertz CT molecular complexity index is 5020. The summed E-state index contributed by atoms with van der Waals surface area (Å²) in [6.07, 6.45) is 23.7. The minimum atomic E-state index is -0.499. The number of aryl methyl sites for hydroxylation is 2. The summed E-state index contributed by atoms with van der Waals surface area (Å²) >= 11 is 45.4. The number of nitrogen functional groups attached to an aromatic ring is 1. The number of ketones is 2. The van der Waals surface area contributed by atoms with Gasteiger partial charge < -0.3 is 45.3 Å². The van der Waals surface area contributed by atoms with E-state index in [2.05, 4.69) is 88.1 Å². The van der Waals surface area contributed by atoms with Crippen LogP contribution < -0.4 is 11.1 Å². The number of carbonyl (C=O) groups is 4. The predicted octanol–water partition coefficient (Wildman–Crippen LogP) is 17.3. The van der Waals surface area contributed by atoms with Crippen LogP contribution in [0, 0.1) is 16.7 Å². The van der Waals surface area contributed by atoms with Crippen LogP contribution in [0.25, 0.3) is 34.2 Å². The molecule has 16 rings (SSSR count). The molecule has 113 heavy (non-hydrogen) atoms. The summed E-state index contributed by atoms with van der Waals surface area (Å²) < 4.78 is 10.6. The molecule has 8 aromatic heterocycles. The summed E-state index contributed by atoms with van der Waals surface area (Å²) in [7, 11) is 0. The smallest absolute Gasteiger partial charge is 0.410 e. The topological polar surface area (TPSA) is 333 Å². The number of Topliss-reactive ketones (excluding diaryl/α,β-unsaturated/α-hetero) is 2. The summed E-state index contributed by atoms with van der Waals surface area (Å²) in [5, 5.41) is 23.0. The van der Waals surface area contributed by atoms with E-state index in [4.69, 9.17) is 112 Å². The summed E-state index contributed by atoms with van der Waals surface area (Å²) in [6, 6.07) is 23.3. The number of nitriles is 1. The van der Waals surface area contributed by atoms with Crippen LogP contribution in [-0.2, 0) is 83.6 Å². The van der Waals surface area contributed by atoms with Gasteiger partial charge in [0.2, 0.25) is 0 Å². The van der Waals surface area contributed by atoms with E-state index < -0.39 is 11.2 Å². The van der Waals surface area contributed by atoms with Crippen molar-refractivity contribution in [2.45, 2.75) is 147 Å². The maximum atomic E-state index is 12.2. The number of amides is 2. The van der Waals surface area contributed by atoms with E-state index in [-0.39, 0.29) is 41.0 Å². The second-order valence-electron chi connectivity index (χ2n) is 28.6. The minimum Gasteiger partial charge on any atom is -0.444 e. The molecular weight excluding hydrogens is 1670 g/mol. The number of likely N-dealkylation sites (tertiary alicyclic amines) is 1. The number of benzene rings is 2. The first-order chi connectivity index (χ1) is 53.5. The van der Waals surface area contributed by atoms with Crippen LogP contribution in [0.15, 0.2) is 129 Å². The minimum absolute atomic E-state index is 0. The van der Waals surface area contributed by atoms with Gasteiger partial charge in [0.1, 0.15) is 52.1 Å². The number of carbonyl (C=O) groups excluding carboxylic acids is 4. The molecule has 2 aromatic carbocycles. The Morgan fingerprint density at radius 3 is 1.54 bits per heavy atom. The summed E-state index contributed by atoms with van der Waals surface area (Å²) in [5.41, 5.74) is 19.4. The van der Waals surface area contributed by atoms with Gasteiger partial charge in [-0.1, -0.05) is 121 Å². The zero-order valence-corrected chi connectivity index (χ0v) is 70.5. The molecule has 2 aliphatic carbocycles. The highest BCUT2D eigenvalue weighted by atomic mass is 79.9. The van der Waals surface area contributed by atoms with E-state index in [1.54, 1.807) is 65.3 Å². The third kappa shape index (κ3) is 24.9. The third-order valence-corrected chi connectivity index (χ3v) is 21.3. The van der Waals surface area contributed by atoms with Crippen molar-refractivity contribution in [1.82, 2.24) is 74.8 Å². The van der Waals surface area contributed by atoms with Gasteiger partial charge in [-0.2, -0.15) is 5.26 Å². The fraction of sp³-hybridized carbons (Fsp3) is 0.350. The van der Waals surface area contributed by atoms with Crippen molar-refractivity contribution in [3.05, 3.63) is 231 Å². The molecule has 594 valence electrons. The van der Waals surface area contributed by atoms with Gasteiger partial charge in [-0.15, -0.1) is 12.4 Å². The monoisotopic (exact) mass is 1750 g/mol. The molecule has 0 spiro atoms. The fourth-order valence-corrected chi connectivity index (χ4v) is 14.8. The van der Waals surface area contributed by atoms with E-state index in [1.807, 2.05) is 90.1 Å². The van der Waals surface area contributed by atoms with Crippen molar-refractivity contribution in [2.24, 2.45) is 5.73 Å². The summed E-state index contributed by atoms with van der Waals surface area (Å²) in [4.78, 5) is 95.2. The number of nitrogens with two attached hydrogens (primary N) is 1. The molecule has 2 amide bonds. The number of hydrogen-bond acceptors (Lipinski definition) is 18. The molecule has 0 bridgehead atoms. The van der Waals surface area contributed by atoms with Gasteiger partial charge in [0.15, 0.2) is 0 Å². The molecule has 10 aromatic rings. The van der Waals surface area contributed by atoms with Crippen molar-refractivity contribution in [1.29, 1.82) is 10.7 Å². The standard InChI is InChI=1S/C21H20Cl2N4.C16H19ClN4O2.C11H11ClN4.C10H16BrNO3.C10H9ClO.C6H6ClN3.C6H3ClN2.ClH/c22-17-3-1-2-13-4-5-14(10-16(13)17)27-9-7-19-20(12-27)26-21(25-19)15-6-8-24-11-18(15)23;1-16(2,3)23-15(22)21-7-5-12-13(9-21)20-14(19-12)10-4-6-18-8-11(10)17;12-8-5-13-3-1-7(8)11-15-9-2-4-14-6-10(9)16-11;1-10(2,3)15-9(14)12-5-4-8(13)7(11)6-12;11-10-3-1-2-7-4-5-8(12)6-9(7)10;7-5-3-10-2-1-4(5)6(8)9;7-6-4-9-2-1-5(6)3-8;/h1-3,6,8,11,14H,4-5,7,9-10,12H2,(H,25,26);4,6,8H,5,7,9H2,1-3H3,(H,19,20);1,3,5,14H,2,4,6H2,(H,15,16);7H,4-6H2,1-3H3;1-3H,4-6H2;1-3H,(H3,8,9);1-2,4H;1H. The van der Waals surface area contributed by atoms with Gasteiger partial charge in [0.25, 0.3) is 0 Å². The Morgan fingerprint density at radius 1 is 0.566 bits per heavy atom. The first-order valence-corrected chi connectivity index (χ1v) is 39.6. The zero-order valence-electron chi connectivity index (χ0n) is 62.8. The molecule has 0 radical (unpaired) electrons. The quantitative estimate of drug-likeness (QED) is 0.0529. The number of pyridine rings is 5. The van der Waals surface area contributed by atoms with Gasteiger partial charge in [0, 0.05) is 185 Å². The Hall–Kier alpha value is -8.62. The lowest BCUT2D eigenvalue weighted by Gasteiger charge is -2.37. The van der Waals surface area contributed by atoms with Crippen LogP contribution in [-0.4, -0.2) is 154 Å². The van der Waals surface area contributed by atoms with E-state index in [0.29, 0.717) is 106 Å². The Labute approximate surface area is 705 Å². The fourth-order valence-electron chi connectivity index (χ4n) is 12.7. The Kier molecular flexibility index (Phi) is 32.1. The number of fused-ring (bicyclic) bond motifs is 5. The summed E-state index contributed by atoms with van der Waals surface area (Å²) in [6.45, 7) is 16.7. The second kappa shape index (κ2) is 41.1. The first kappa shape index (κ1) is 88.3. The number of piperidine rings is 1. The SMILES string of the molecule is CC(C)(C)OC(=O)N1CCC(=O)C(Br)C1.CC(C)(C)OC(=O)N1CCc2nc(-c3ccncc3Cl)[nH]c2C1.Cl.Clc1cnccc1-c1nc2c([nH]1)CN(C1CCc3cccc(Cl)c3C1)CC2.Clc1cnccc1-c1nc2c([nH]1)CNCC2.N#Cc1ccncc1Cl.N=C(N)c1ccncc1Cl.O=C1CCc2cccc(Cl)c2C1. The van der Waals surface area contributed by atoms with E-state index in [9.17, 15) is 19.2 Å². The molecule has 24 nitrogen and oxygen atoms in total. The number of aromatic nitrogens is 11. The van der Waals surface area contributed by atoms with Gasteiger partial charge in [-0.05, 0) is 132 Å². The molecule has 6 aliphatic rings. The number of nitrogens with one attached hydrogen (secondary N) is 5. The lowest BCUT2D eigenvalue weighted by molar-refractivity contribution is -0.120. The molecule has 0 saturated carbocycles. The van der Waals surface area contributed by atoms with Crippen LogP contribution >= 0.6 is 110 Å². The molecule has 33 heteroatoms. The van der Waals surface area contributed by atoms with Crippen molar-refractivity contribution >= 4 is 139 Å². The number of H-pyrrole nitrogens is 3. The molecule has 7 N–H and O–H groups in total. The third-order valence-electron chi connectivity index (χ3n) is 18.3. The highest BCUT2D eigenvalue weighted by Gasteiger charge is 2.33. The lowest BCUT2D eigenvalue weighted by atomic mass is 9.87. The van der Waals surface area contributed by atoms with Crippen molar-refractivity contribution in [3.8, 4) is 40.2 Å². The summed E-state index contributed by atoms with van der Waals surface area (Å²) in [5.74, 6) is 2.79. The van der Waals surface area contributed by atoms with Gasteiger partial charge in [-0.25, -0.2) is 24.5 Å². The second-order valence-corrected chi connectivity index (χ2v) is 32.6. The highest BCUT2D eigenvalue weighted by Crippen LogP contribution is 2.35. The predicted molar refractivity (Wildman–Crippen MR) is 448 cm³/mol. The van der Waals surface area contributed by atoms with E-state index in [0.717, 1.165) is 131 Å². The average molecular weight is 1760 g/mol. The van der Waals surface area contributed by atoms with Crippen LogP contribution in [0.2, 0.25) is 35.2 Å². The number of aromatic amines is 3. The molecule has 4 aliphatic heterocycles. The number of alkyl halides is 1. The Balaban J connectivity index is 0.000000156. The first-order valence-electron chi connectivity index (χ1n) is 36.1. The number of rotatable bonds is 5. The van der Waals surface area contributed by atoms with Gasteiger partial charge in [0.05, 0.1) is 76.2 Å². The van der Waals surface area contributed by atoms with E-state index >= 15 is 0 Å². The Morgan fingerprint density at radius 2 is 1.04 bits per heavy atom. The molecule has 2 unspecified atom stereocenters. The number of nitrogens with zero attached hydrogens (tertiary/aromatic N) is 12. The van der Waals surface area contributed by atoms with Crippen molar-refractivity contribution in [3.63, 3.8) is 0 Å². The van der Waals surface area contributed by atoms with Crippen LogP contribution in [0.3, 0.4) is 0 Å². The number of halogens is 9. The highest BCUT2D eigenvalue weighted by molar-refractivity contribution is 9.10. The lowest BCUT2D eigenvalue weighted by Crippen LogP contribution is -2.46. The molecule has 12 heterocycles. The van der Waals surface area contributed by atoms with Crippen LogP contribution in [0.4, 0.5) is 9.59 Å².